The zero-order valence-electron chi connectivity index (χ0n) is 12.2. The molecule has 1 aromatic rings. The number of benzene rings is 1. The van der Waals surface area contributed by atoms with Crippen molar-refractivity contribution < 1.29 is 44.3 Å². The minimum atomic E-state index is -1.66. The van der Waals surface area contributed by atoms with E-state index in [0.29, 0.717) is 5.56 Å². The Bertz CT molecular complexity index is 694. The molecule has 1 aliphatic heterocycles. The summed E-state index contributed by atoms with van der Waals surface area (Å²) in [6, 6.07) is 3.80. The summed E-state index contributed by atoms with van der Waals surface area (Å²) in [6.45, 7) is -0.790. The first-order valence-electron chi connectivity index (χ1n) is 6.78. The third-order valence-electron chi connectivity index (χ3n) is 3.22. The van der Waals surface area contributed by atoms with E-state index in [1.54, 1.807) is 0 Å². The van der Waals surface area contributed by atoms with Gasteiger partial charge in [-0.05, 0) is 23.8 Å². The van der Waals surface area contributed by atoms with Crippen LogP contribution < -0.4 is 0 Å². The minimum Gasteiger partial charge on any atom is -0.504 e. The fraction of sp³-hybridized carbons (Fsp3) is 0.267. The third-order valence-corrected chi connectivity index (χ3v) is 3.22. The van der Waals surface area contributed by atoms with Gasteiger partial charge in [-0.15, -0.1) is 0 Å². The molecule has 1 saturated heterocycles. The molecule has 0 aromatic heterocycles. The molecule has 0 bridgehead atoms. The number of esters is 2. The maximum Gasteiger partial charge on any atom is 0.379 e. The van der Waals surface area contributed by atoms with E-state index in [9.17, 15) is 29.7 Å². The first-order chi connectivity index (χ1) is 11.3. The first kappa shape index (κ1) is 17.4. The lowest BCUT2D eigenvalue weighted by Gasteiger charge is -2.19. The van der Waals surface area contributed by atoms with Crippen LogP contribution >= 0.6 is 0 Å². The predicted octanol–water partition coefficient (Wildman–Crippen LogP) is -1.13. The smallest absolute Gasteiger partial charge is 0.379 e. The largest absolute Gasteiger partial charge is 0.504 e. The van der Waals surface area contributed by atoms with Crippen LogP contribution in [0.5, 0.6) is 11.5 Å². The van der Waals surface area contributed by atoms with Crippen molar-refractivity contribution in [1.29, 1.82) is 0 Å². The van der Waals surface area contributed by atoms with Gasteiger partial charge in [0.25, 0.3) is 5.78 Å². The van der Waals surface area contributed by atoms with Crippen LogP contribution in [0.25, 0.3) is 6.08 Å². The van der Waals surface area contributed by atoms with Crippen LogP contribution in [-0.2, 0) is 23.9 Å². The molecule has 0 spiro atoms. The van der Waals surface area contributed by atoms with Crippen molar-refractivity contribution in [2.75, 3.05) is 6.61 Å². The maximum absolute atomic E-state index is 11.7. The molecule has 0 aliphatic carbocycles. The number of phenolic OH excluding ortho intramolecular Hbond substituents is 2. The average Bonchev–Trinajstić information content (AvgIpc) is 2.83. The zero-order valence-corrected chi connectivity index (χ0v) is 12.2. The number of carbonyl (C=O) groups is 3. The Morgan fingerprint density at radius 2 is 2.00 bits per heavy atom. The lowest BCUT2D eigenvalue weighted by molar-refractivity contribution is -0.156. The second kappa shape index (κ2) is 7.11. The molecule has 0 saturated carbocycles. The minimum absolute atomic E-state index is 0.331. The van der Waals surface area contributed by atoms with Crippen LogP contribution in [0.2, 0.25) is 0 Å². The number of aliphatic hydroxyl groups excluding tert-OH is 2. The van der Waals surface area contributed by atoms with Gasteiger partial charge in [0.1, 0.15) is 6.10 Å². The van der Waals surface area contributed by atoms with Crippen LogP contribution in [0, 0.1) is 0 Å². The molecule has 2 rings (SSSR count). The van der Waals surface area contributed by atoms with Gasteiger partial charge in [0, 0.05) is 6.08 Å². The van der Waals surface area contributed by atoms with E-state index in [2.05, 4.69) is 4.74 Å². The molecular formula is C15H14O9. The van der Waals surface area contributed by atoms with Gasteiger partial charge < -0.3 is 29.9 Å². The van der Waals surface area contributed by atoms with Gasteiger partial charge in [0.15, 0.2) is 17.6 Å². The topological polar surface area (TPSA) is 151 Å². The fourth-order valence-electron chi connectivity index (χ4n) is 1.99. The summed E-state index contributed by atoms with van der Waals surface area (Å²) in [5, 5.41) is 36.9. The molecule has 1 fully saturated rings. The number of aromatic hydroxyl groups is 2. The van der Waals surface area contributed by atoms with Crippen LogP contribution in [-0.4, -0.2) is 63.1 Å². The van der Waals surface area contributed by atoms with Gasteiger partial charge in [-0.2, -0.15) is 0 Å². The number of rotatable bonds is 5. The van der Waals surface area contributed by atoms with E-state index >= 15 is 0 Å². The van der Waals surface area contributed by atoms with Crippen molar-refractivity contribution >= 4 is 23.8 Å². The number of ether oxygens (including phenoxy) is 2. The molecule has 3 atom stereocenters. The van der Waals surface area contributed by atoms with Crippen LogP contribution in [0.4, 0.5) is 0 Å². The molecule has 0 radical (unpaired) electrons. The molecule has 24 heavy (non-hydrogen) atoms. The van der Waals surface area contributed by atoms with E-state index in [4.69, 9.17) is 9.84 Å². The Kier molecular flexibility index (Phi) is 5.17. The van der Waals surface area contributed by atoms with E-state index in [0.717, 1.165) is 6.08 Å². The van der Waals surface area contributed by atoms with Crippen molar-refractivity contribution in [3.05, 3.63) is 29.8 Å². The fourth-order valence-corrected chi connectivity index (χ4v) is 1.99. The highest BCUT2D eigenvalue weighted by Crippen LogP contribution is 2.25. The number of hydrogen-bond acceptors (Lipinski definition) is 9. The highest BCUT2D eigenvalue weighted by atomic mass is 16.6. The molecule has 9 nitrogen and oxygen atoms in total. The van der Waals surface area contributed by atoms with Crippen LogP contribution in [0.1, 0.15) is 5.56 Å². The van der Waals surface area contributed by atoms with Gasteiger partial charge >= 0.3 is 11.9 Å². The summed E-state index contributed by atoms with van der Waals surface area (Å²) < 4.78 is 9.37. The van der Waals surface area contributed by atoms with Crippen molar-refractivity contribution in [3.63, 3.8) is 0 Å². The standard InChI is InChI=1S/C15H14O9/c16-6-10(19)13-14(12(21)15(22)24-13)23-11(20)4-2-7-1-3-8(17)9(18)5-7/h1-5,10,13-14,16-19H,6H2/t10-,13+,14?/m0/s1. The van der Waals surface area contributed by atoms with E-state index in [1.807, 2.05) is 0 Å². The van der Waals surface area contributed by atoms with Crippen molar-refractivity contribution in [2.24, 2.45) is 0 Å². The summed E-state index contributed by atoms with van der Waals surface area (Å²) in [5.41, 5.74) is 0.360. The Morgan fingerprint density at radius 3 is 2.62 bits per heavy atom. The lowest BCUT2D eigenvalue weighted by Crippen LogP contribution is -2.41. The average molecular weight is 338 g/mol. The highest BCUT2D eigenvalue weighted by Gasteiger charge is 2.49. The number of phenols is 2. The first-order valence-corrected chi connectivity index (χ1v) is 6.78. The van der Waals surface area contributed by atoms with E-state index in [1.165, 1.54) is 24.3 Å². The third kappa shape index (κ3) is 3.70. The quantitative estimate of drug-likeness (QED) is 0.226. The van der Waals surface area contributed by atoms with Gasteiger partial charge in [-0.25, -0.2) is 9.59 Å². The number of carbonyl (C=O) groups excluding carboxylic acids is 3. The summed E-state index contributed by atoms with van der Waals surface area (Å²) in [5.74, 6) is -4.13. The maximum atomic E-state index is 11.7. The van der Waals surface area contributed by atoms with Gasteiger partial charge in [0.2, 0.25) is 6.10 Å². The summed E-state index contributed by atoms with van der Waals surface area (Å²) >= 11 is 0. The van der Waals surface area contributed by atoms with E-state index in [-0.39, 0.29) is 11.5 Å². The molecule has 1 unspecified atom stereocenters. The normalized spacial score (nSPS) is 21.8. The number of cyclic esters (lactones) is 1. The Balaban J connectivity index is 2.07. The number of aliphatic hydroxyl groups is 2. The SMILES string of the molecule is O=C(C=Cc1ccc(O)c(O)c1)OC1C(=O)C(=O)O[C@@H]1[C@@H](O)CO. The Morgan fingerprint density at radius 1 is 1.29 bits per heavy atom. The molecule has 128 valence electrons. The Hall–Kier alpha value is -2.91. The monoisotopic (exact) mass is 338 g/mol. The molecule has 0 amide bonds. The van der Waals surface area contributed by atoms with Gasteiger partial charge in [0.05, 0.1) is 6.61 Å². The van der Waals surface area contributed by atoms with Crippen molar-refractivity contribution in [1.82, 2.24) is 0 Å². The molecule has 1 heterocycles. The second-order valence-electron chi connectivity index (χ2n) is 4.92. The zero-order chi connectivity index (χ0) is 17.9. The summed E-state index contributed by atoms with van der Waals surface area (Å²) in [7, 11) is 0. The number of ketones is 1. The van der Waals surface area contributed by atoms with Gasteiger partial charge in [-0.3, -0.25) is 4.79 Å². The predicted molar refractivity (Wildman–Crippen MR) is 76.7 cm³/mol. The van der Waals surface area contributed by atoms with Crippen molar-refractivity contribution in [2.45, 2.75) is 18.3 Å². The van der Waals surface area contributed by atoms with Gasteiger partial charge in [-0.1, -0.05) is 6.07 Å². The van der Waals surface area contributed by atoms with Crippen molar-refractivity contribution in [3.8, 4) is 11.5 Å². The molecule has 9 heteroatoms. The number of Topliss-reactive ketones (excluding diaryl/α,β-unsaturated/α-hetero) is 1. The number of hydrogen-bond donors (Lipinski definition) is 4. The highest BCUT2D eigenvalue weighted by molar-refractivity contribution is 6.37. The lowest BCUT2D eigenvalue weighted by atomic mass is 10.1. The van der Waals surface area contributed by atoms with Crippen LogP contribution in [0.3, 0.4) is 0 Å². The molecular weight excluding hydrogens is 324 g/mol. The Labute approximate surface area is 135 Å². The molecule has 1 aliphatic rings. The molecule has 1 aromatic carbocycles. The second-order valence-corrected chi connectivity index (χ2v) is 4.92. The summed E-state index contributed by atoms with van der Waals surface area (Å²) in [6.07, 6.45) is -2.56. The summed E-state index contributed by atoms with van der Waals surface area (Å²) in [4.78, 5) is 34.6. The van der Waals surface area contributed by atoms with E-state index < -0.39 is 42.6 Å². The molecule has 4 N–H and O–H groups in total. The van der Waals surface area contributed by atoms with Crippen LogP contribution in [0.15, 0.2) is 24.3 Å².